The number of aliphatic carboxylic acids is 2. The third-order valence-corrected chi connectivity index (χ3v) is 6.33. The van der Waals surface area contributed by atoms with E-state index in [2.05, 4.69) is 5.32 Å². The third-order valence-electron chi connectivity index (χ3n) is 6.08. The van der Waals surface area contributed by atoms with Crippen LogP contribution < -0.4 is 15.5 Å². The van der Waals surface area contributed by atoms with Crippen molar-refractivity contribution in [1.82, 2.24) is 9.88 Å². The minimum absolute atomic E-state index is 0.248. The largest absolute Gasteiger partial charge is 0.492 e. The van der Waals surface area contributed by atoms with E-state index in [-0.39, 0.29) is 12.3 Å². The van der Waals surface area contributed by atoms with E-state index in [1.54, 1.807) is 41.0 Å². The molecular formula is C31H27ClF3N3O6. The lowest BCUT2D eigenvalue weighted by atomic mass is 9.98. The molecule has 1 atom stereocenters. The van der Waals surface area contributed by atoms with Gasteiger partial charge in [-0.15, -0.1) is 0 Å². The first-order valence-corrected chi connectivity index (χ1v) is 13.3. The van der Waals surface area contributed by atoms with Crippen LogP contribution in [0.1, 0.15) is 28.4 Å². The molecule has 44 heavy (non-hydrogen) atoms. The second kappa shape index (κ2) is 15.4. The van der Waals surface area contributed by atoms with E-state index < -0.39 is 24.2 Å². The van der Waals surface area contributed by atoms with Crippen LogP contribution in [0.25, 0.3) is 11.1 Å². The summed E-state index contributed by atoms with van der Waals surface area (Å²) >= 11 is 5.96. The molecule has 1 amide bonds. The van der Waals surface area contributed by atoms with Crippen molar-refractivity contribution in [2.75, 3.05) is 6.61 Å². The molecule has 3 aromatic carbocycles. The first-order chi connectivity index (χ1) is 20.8. The summed E-state index contributed by atoms with van der Waals surface area (Å²) in [4.78, 5) is 33.3. The fraction of sp³-hybridized carbons (Fsp3) is 0.161. The number of carbonyl (C=O) groups excluding carboxylic acids is 1. The number of hydrogen-bond acceptors (Lipinski definition) is 5. The molecule has 0 aliphatic rings. The van der Waals surface area contributed by atoms with Crippen molar-refractivity contribution < 1.29 is 42.5 Å². The number of nitrogens with zero attached hydrogens (tertiary/aromatic N) is 1. The molecule has 13 heteroatoms. The normalized spacial score (nSPS) is 11.5. The Bertz CT molecular complexity index is 1620. The zero-order valence-electron chi connectivity index (χ0n) is 22.9. The molecule has 4 aromatic rings. The highest BCUT2D eigenvalue weighted by Gasteiger charge is 2.38. The van der Waals surface area contributed by atoms with E-state index in [9.17, 15) is 27.9 Å². The van der Waals surface area contributed by atoms with Crippen molar-refractivity contribution >= 4 is 29.4 Å². The number of carbonyl (C=O) groups is 3. The van der Waals surface area contributed by atoms with E-state index in [0.717, 1.165) is 11.1 Å². The number of amides is 1. The predicted molar refractivity (Wildman–Crippen MR) is 155 cm³/mol. The van der Waals surface area contributed by atoms with Gasteiger partial charge in [-0.3, -0.25) is 15.0 Å². The molecule has 0 bridgehead atoms. The van der Waals surface area contributed by atoms with Crippen LogP contribution in [0.15, 0.2) is 97.2 Å². The fourth-order valence-electron chi connectivity index (χ4n) is 3.85. The van der Waals surface area contributed by atoms with Crippen LogP contribution in [0.5, 0.6) is 5.75 Å². The van der Waals surface area contributed by atoms with Crippen molar-refractivity contribution in [3.63, 3.8) is 0 Å². The smallest absolute Gasteiger partial charge is 0.490 e. The van der Waals surface area contributed by atoms with E-state index in [1.807, 2.05) is 60.8 Å². The number of alkyl halides is 3. The summed E-state index contributed by atoms with van der Waals surface area (Å²) < 4.78 is 39.2. The van der Waals surface area contributed by atoms with E-state index in [4.69, 9.17) is 31.6 Å². The summed E-state index contributed by atoms with van der Waals surface area (Å²) in [5, 5.41) is 27.9. The van der Waals surface area contributed by atoms with Gasteiger partial charge in [0.15, 0.2) is 0 Å². The zero-order chi connectivity index (χ0) is 32.3. The van der Waals surface area contributed by atoms with Gasteiger partial charge < -0.3 is 24.8 Å². The van der Waals surface area contributed by atoms with Crippen molar-refractivity contribution in [1.29, 1.82) is 5.41 Å². The fourth-order valence-corrected chi connectivity index (χ4v) is 3.98. The van der Waals surface area contributed by atoms with Crippen LogP contribution in [-0.2, 0) is 16.1 Å². The van der Waals surface area contributed by atoms with Gasteiger partial charge in [0, 0.05) is 16.8 Å². The average molecular weight is 630 g/mol. The molecule has 1 unspecified atom stereocenters. The van der Waals surface area contributed by atoms with Gasteiger partial charge in [0.25, 0.3) is 5.91 Å². The van der Waals surface area contributed by atoms with E-state index in [1.165, 1.54) is 0 Å². The highest BCUT2D eigenvalue weighted by Crippen LogP contribution is 2.25. The molecule has 0 saturated carbocycles. The number of pyridine rings is 1. The second-order valence-electron chi connectivity index (χ2n) is 9.21. The second-order valence-corrected chi connectivity index (χ2v) is 9.64. The Morgan fingerprint density at radius 1 is 0.886 bits per heavy atom. The number of benzene rings is 3. The number of carboxylic acids is 2. The molecule has 1 heterocycles. The number of rotatable bonds is 10. The topological polar surface area (TPSA) is 142 Å². The van der Waals surface area contributed by atoms with E-state index >= 15 is 0 Å². The molecule has 9 nitrogen and oxygen atoms in total. The summed E-state index contributed by atoms with van der Waals surface area (Å²) in [5.74, 6) is -3.55. The highest BCUT2D eigenvalue weighted by molar-refractivity contribution is 6.30. The summed E-state index contributed by atoms with van der Waals surface area (Å²) in [6.45, 7) is 0.897. The van der Waals surface area contributed by atoms with Crippen LogP contribution in [0, 0.1) is 5.41 Å². The number of aromatic nitrogens is 1. The Hall–Kier alpha value is -5.10. The molecule has 0 aliphatic carbocycles. The Morgan fingerprint density at radius 2 is 1.45 bits per heavy atom. The maximum absolute atomic E-state index is 12.9. The van der Waals surface area contributed by atoms with E-state index in [0.29, 0.717) is 40.5 Å². The van der Waals surface area contributed by atoms with Gasteiger partial charge in [-0.25, -0.2) is 4.79 Å². The molecule has 4 N–H and O–H groups in total. The Kier molecular flexibility index (Phi) is 11.7. The van der Waals surface area contributed by atoms with Gasteiger partial charge in [-0.2, -0.15) is 13.2 Å². The summed E-state index contributed by atoms with van der Waals surface area (Å²) in [6.07, 6.45) is -3.51. The highest BCUT2D eigenvalue weighted by atomic mass is 35.5. The Labute approximate surface area is 254 Å². The third kappa shape index (κ3) is 10.3. The molecule has 0 saturated heterocycles. The average Bonchev–Trinajstić information content (AvgIpc) is 2.98. The van der Waals surface area contributed by atoms with Crippen LogP contribution in [0.3, 0.4) is 0 Å². The lowest BCUT2D eigenvalue weighted by Gasteiger charge is -2.18. The number of nitrogens with one attached hydrogen (secondary N) is 2. The summed E-state index contributed by atoms with van der Waals surface area (Å²) in [7, 11) is 0. The van der Waals surface area contributed by atoms with Gasteiger partial charge in [0.2, 0.25) is 0 Å². The van der Waals surface area contributed by atoms with Gasteiger partial charge in [0.05, 0.1) is 19.0 Å². The van der Waals surface area contributed by atoms with Crippen molar-refractivity contribution in [2.24, 2.45) is 0 Å². The molecule has 1 aromatic heterocycles. The summed E-state index contributed by atoms with van der Waals surface area (Å²) in [5.41, 5.74) is 3.43. The molecule has 0 radical (unpaired) electrons. The SMILES string of the molecule is N=c1ccccn1CCOc1ccc(C(=O)NC(CC(=O)O)c2ccc(-c3ccc(Cl)cc3)cc2)cc1.O=C(O)C(F)(F)F. The lowest BCUT2D eigenvalue weighted by Crippen LogP contribution is -2.30. The van der Waals surface area contributed by atoms with Crippen LogP contribution in [-0.4, -0.2) is 45.4 Å². The monoisotopic (exact) mass is 629 g/mol. The van der Waals surface area contributed by atoms with Gasteiger partial charge >= 0.3 is 18.1 Å². The molecule has 0 fully saturated rings. The predicted octanol–water partition coefficient (Wildman–Crippen LogP) is 5.95. The number of halogens is 4. The van der Waals surface area contributed by atoms with Crippen LogP contribution in [0.4, 0.5) is 13.2 Å². The van der Waals surface area contributed by atoms with Gasteiger partial charge in [-0.05, 0) is 65.2 Å². The summed E-state index contributed by atoms with van der Waals surface area (Å²) in [6, 6.07) is 26.2. The van der Waals surface area contributed by atoms with Crippen molar-refractivity contribution in [2.45, 2.75) is 25.2 Å². The maximum atomic E-state index is 12.9. The minimum Gasteiger partial charge on any atom is -0.492 e. The van der Waals surface area contributed by atoms with Crippen molar-refractivity contribution in [3.05, 3.63) is 119 Å². The molecule has 0 spiro atoms. The van der Waals surface area contributed by atoms with Gasteiger partial charge in [0.1, 0.15) is 17.8 Å². The Balaban J connectivity index is 0.000000676. The quantitative estimate of drug-likeness (QED) is 0.171. The molecule has 4 rings (SSSR count). The number of carboxylic acid groups (broad SMARTS) is 2. The molecule has 0 aliphatic heterocycles. The van der Waals surface area contributed by atoms with Gasteiger partial charge in [-0.1, -0.05) is 54.1 Å². The standard InChI is InChI=1S/C29H26ClN3O4.C2HF3O2/c30-24-12-8-21(9-13-24)20-4-6-22(7-5-20)26(19-28(34)35)32-29(36)23-10-14-25(15-11-23)37-18-17-33-16-2-1-3-27(33)31;3-2(4,5)1(6)7/h1-16,26,31H,17-19H2,(H,32,36)(H,34,35);(H,6,7). The number of hydrogen-bond donors (Lipinski definition) is 4. The Morgan fingerprint density at radius 3 is 1.98 bits per heavy atom. The lowest BCUT2D eigenvalue weighted by molar-refractivity contribution is -0.192. The van der Waals surface area contributed by atoms with Crippen molar-refractivity contribution in [3.8, 4) is 16.9 Å². The molecular weight excluding hydrogens is 603 g/mol. The zero-order valence-corrected chi connectivity index (χ0v) is 23.7. The van der Waals surface area contributed by atoms with Crippen LogP contribution >= 0.6 is 11.6 Å². The molecule has 230 valence electrons. The first kappa shape index (κ1) is 33.4. The van der Waals surface area contributed by atoms with Crippen LogP contribution in [0.2, 0.25) is 5.02 Å². The number of ether oxygens (including phenoxy) is 1. The first-order valence-electron chi connectivity index (χ1n) is 12.9. The maximum Gasteiger partial charge on any atom is 0.490 e. The minimum atomic E-state index is -5.08.